The van der Waals surface area contributed by atoms with E-state index in [2.05, 4.69) is 10.3 Å². The first-order chi connectivity index (χ1) is 16.1. The maximum absolute atomic E-state index is 13.2. The van der Waals surface area contributed by atoms with Crippen molar-refractivity contribution in [1.82, 2.24) is 14.7 Å². The van der Waals surface area contributed by atoms with E-state index < -0.39 is 11.5 Å². The maximum Gasteiger partial charge on any atom is 0.269 e. The number of hydrogen-bond acceptors (Lipinski definition) is 7. The van der Waals surface area contributed by atoms with Gasteiger partial charge in [-0.15, -0.1) is 0 Å². The summed E-state index contributed by atoms with van der Waals surface area (Å²) in [5.41, 5.74) is -0.353. The molecule has 4 rings (SSSR count). The zero-order valence-corrected chi connectivity index (χ0v) is 18.0. The Hall–Kier alpha value is -4.16. The van der Waals surface area contributed by atoms with Crippen LogP contribution in [0.1, 0.15) is 18.4 Å². The lowest BCUT2D eigenvalue weighted by Gasteiger charge is -2.12. The molecule has 3 heterocycles. The number of rotatable bonds is 7. The Kier molecular flexibility index (Phi) is 6.66. The number of pyridine rings is 1. The molecule has 1 atom stereocenters. The number of benzene rings is 1. The molecule has 9 heteroatoms. The van der Waals surface area contributed by atoms with Crippen molar-refractivity contribution in [2.24, 2.45) is 0 Å². The van der Waals surface area contributed by atoms with Gasteiger partial charge in [-0.25, -0.2) is 0 Å². The summed E-state index contributed by atoms with van der Waals surface area (Å²) in [5, 5.41) is 12.3. The lowest BCUT2D eigenvalue weighted by molar-refractivity contribution is -0.117. The second-order valence-corrected chi connectivity index (χ2v) is 7.36. The molecule has 1 aliphatic rings. The van der Waals surface area contributed by atoms with Gasteiger partial charge in [0, 0.05) is 19.3 Å². The van der Waals surface area contributed by atoms with Gasteiger partial charge in [0.2, 0.25) is 5.88 Å². The number of aromatic nitrogens is 2. The van der Waals surface area contributed by atoms with E-state index in [4.69, 9.17) is 14.2 Å². The highest BCUT2D eigenvalue weighted by molar-refractivity contribution is 6.01. The summed E-state index contributed by atoms with van der Waals surface area (Å²) in [6, 6.07) is 13.7. The first-order valence-corrected chi connectivity index (χ1v) is 10.4. The predicted molar refractivity (Wildman–Crippen MR) is 120 cm³/mol. The number of carbonyl (C=O) groups excluding carboxylic acids is 1. The van der Waals surface area contributed by atoms with Gasteiger partial charge >= 0.3 is 0 Å². The maximum atomic E-state index is 13.2. The van der Waals surface area contributed by atoms with Crippen molar-refractivity contribution in [3.8, 4) is 23.4 Å². The zero-order valence-electron chi connectivity index (χ0n) is 18.0. The number of amides is 1. The Morgan fingerprint density at radius 2 is 2.09 bits per heavy atom. The molecule has 0 spiro atoms. The summed E-state index contributed by atoms with van der Waals surface area (Å²) in [6.07, 6.45) is 4.48. The van der Waals surface area contributed by atoms with E-state index in [-0.39, 0.29) is 23.1 Å². The highest BCUT2D eigenvalue weighted by atomic mass is 16.5. The fourth-order valence-electron chi connectivity index (χ4n) is 3.44. The van der Waals surface area contributed by atoms with Gasteiger partial charge in [-0.2, -0.15) is 10.2 Å². The minimum absolute atomic E-state index is 0.0154. The van der Waals surface area contributed by atoms with Crippen LogP contribution in [0.4, 0.5) is 0 Å². The lowest BCUT2D eigenvalue weighted by Crippen LogP contribution is -2.32. The van der Waals surface area contributed by atoms with Gasteiger partial charge in [0.05, 0.1) is 13.2 Å². The minimum atomic E-state index is -0.596. The first-order valence-electron chi connectivity index (χ1n) is 10.4. The largest absolute Gasteiger partial charge is 0.497 e. The highest BCUT2D eigenvalue weighted by Gasteiger charge is 2.20. The molecule has 1 aliphatic heterocycles. The Morgan fingerprint density at radius 3 is 2.79 bits per heavy atom. The van der Waals surface area contributed by atoms with Crippen LogP contribution in [0, 0.1) is 11.3 Å². The van der Waals surface area contributed by atoms with E-state index in [9.17, 15) is 14.9 Å². The third kappa shape index (κ3) is 5.02. The van der Waals surface area contributed by atoms with E-state index >= 15 is 0 Å². The van der Waals surface area contributed by atoms with Gasteiger partial charge in [-0.3, -0.25) is 14.0 Å². The molecular weight excluding hydrogens is 424 g/mol. The summed E-state index contributed by atoms with van der Waals surface area (Å²) in [7, 11) is 1.55. The van der Waals surface area contributed by atoms with Gasteiger partial charge in [0.1, 0.15) is 34.4 Å². The smallest absolute Gasteiger partial charge is 0.269 e. The first kappa shape index (κ1) is 22.0. The van der Waals surface area contributed by atoms with Gasteiger partial charge in [-0.1, -0.05) is 6.07 Å². The second-order valence-electron chi connectivity index (χ2n) is 7.36. The van der Waals surface area contributed by atoms with Crippen molar-refractivity contribution in [3.05, 3.63) is 70.2 Å². The van der Waals surface area contributed by atoms with Crippen LogP contribution in [0.2, 0.25) is 0 Å². The van der Waals surface area contributed by atoms with Gasteiger partial charge in [0.25, 0.3) is 11.5 Å². The molecule has 3 aromatic rings. The Bertz CT molecular complexity index is 1280. The SMILES string of the molecule is COc1ccc(Oc2nc3ccccn3c(=O)c2/C=C(\C#N)C(=O)NCC2CCCO2)cc1. The number of ether oxygens (including phenoxy) is 3. The van der Waals surface area contributed by atoms with Crippen molar-refractivity contribution in [3.63, 3.8) is 0 Å². The van der Waals surface area contributed by atoms with Crippen molar-refractivity contribution in [2.75, 3.05) is 20.3 Å². The van der Waals surface area contributed by atoms with E-state index in [0.29, 0.717) is 30.3 Å². The number of nitriles is 1. The van der Waals surface area contributed by atoms with Crippen molar-refractivity contribution >= 4 is 17.6 Å². The van der Waals surface area contributed by atoms with Crippen molar-refractivity contribution < 1.29 is 19.0 Å². The molecule has 0 bridgehead atoms. The summed E-state index contributed by atoms with van der Waals surface area (Å²) < 4.78 is 17.8. The van der Waals surface area contributed by atoms with Crippen LogP contribution >= 0.6 is 0 Å². The molecule has 168 valence electrons. The molecule has 1 N–H and O–H groups in total. The summed E-state index contributed by atoms with van der Waals surface area (Å²) in [4.78, 5) is 30.2. The normalized spacial score (nSPS) is 15.8. The molecule has 1 amide bonds. The van der Waals surface area contributed by atoms with Crippen LogP contribution in [0.15, 0.2) is 59.0 Å². The average Bonchev–Trinajstić information content (AvgIpc) is 3.37. The van der Waals surface area contributed by atoms with E-state index in [1.807, 2.05) is 6.07 Å². The third-order valence-corrected chi connectivity index (χ3v) is 5.18. The monoisotopic (exact) mass is 446 g/mol. The fourth-order valence-corrected chi connectivity index (χ4v) is 3.44. The van der Waals surface area contributed by atoms with E-state index in [1.165, 1.54) is 10.5 Å². The highest BCUT2D eigenvalue weighted by Crippen LogP contribution is 2.25. The predicted octanol–water partition coefficient (Wildman–Crippen LogP) is 2.70. The number of hydrogen-bond donors (Lipinski definition) is 1. The molecule has 1 saturated heterocycles. The molecule has 2 aromatic heterocycles. The zero-order chi connectivity index (χ0) is 23.2. The molecule has 0 radical (unpaired) electrons. The van der Waals surface area contributed by atoms with E-state index in [0.717, 1.165) is 12.8 Å². The summed E-state index contributed by atoms with van der Waals surface area (Å²) in [5.74, 6) is 0.444. The van der Waals surface area contributed by atoms with Crippen LogP contribution in [0.5, 0.6) is 17.4 Å². The van der Waals surface area contributed by atoms with Crippen LogP contribution in [0.25, 0.3) is 11.7 Å². The van der Waals surface area contributed by atoms with Crippen molar-refractivity contribution in [1.29, 1.82) is 5.26 Å². The standard InChI is InChI=1S/C24H22N4O5/c1-31-17-7-9-18(10-8-17)33-23-20(24(30)28-11-3-2-6-21(28)27-23)13-16(14-25)22(29)26-15-19-5-4-12-32-19/h2-3,6-11,13,19H,4-5,12,15H2,1H3,(H,26,29)/b16-13+. The van der Waals surface area contributed by atoms with Gasteiger partial charge in [0.15, 0.2) is 0 Å². The van der Waals surface area contributed by atoms with Gasteiger partial charge < -0.3 is 19.5 Å². The molecule has 0 saturated carbocycles. The lowest BCUT2D eigenvalue weighted by atomic mass is 10.1. The van der Waals surface area contributed by atoms with Crippen molar-refractivity contribution in [2.45, 2.75) is 18.9 Å². The number of methoxy groups -OCH3 is 1. The molecule has 1 unspecified atom stereocenters. The van der Waals surface area contributed by atoms with Crippen LogP contribution in [-0.2, 0) is 9.53 Å². The van der Waals surface area contributed by atoms with Crippen LogP contribution in [-0.4, -0.2) is 41.7 Å². The molecule has 9 nitrogen and oxygen atoms in total. The molecular formula is C24H22N4O5. The van der Waals surface area contributed by atoms with Crippen LogP contribution in [0.3, 0.4) is 0 Å². The number of nitrogens with zero attached hydrogens (tertiary/aromatic N) is 3. The number of fused-ring (bicyclic) bond motifs is 1. The number of carbonyl (C=O) groups is 1. The Balaban J connectivity index is 1.71. The second kappa shape index (κ2) is 9.97. The van der Waals surface area contributed by atoms with E-state index in [1.54, 1.807) is 55.8 Å². The Labute approximate surface area is 189 Å². The fraction of sp³-hybridized carbons (Fsp3) is 0.250. The summed E-state index contributed by atoms with van der Waals surface area (Å²) >= 11 is 0. The van der Waals surface area contributed by atoms with Crippen LogP contribution < -0.4 is 20.3 Å². The average molecular weight is 446 g/mol. The molecule has 1 aromatic carbocycles. The summed E-state index contributed by atoms with van der Waals surface area (Å²) in [6.45, 7) is 0.953. The number of nitrogens with one attached hydrogen (secondary N) is 1. The molecule has 0 aliphatic carbocycles. The van der Waals surface area contributed by atoms with Gasteiger partial charge in [-0.05, 0) is 55.3 Å². The quantitative estimate of drug-likeness (QED) is 0.438. The molecule has 33 heavy (non-hydrogen) atoms. The molecule has 1 fully saturated rings. The third-order valence-electron chi connectivity index (χ3n) is 5.18. The Morgan fingerprint density at radius 1 is 1.30 bits per heavy atom. The topological polar surface area (TPSA) is 115 Å². The minimum Gasteiger partial charge on any atom is -0.497 e.